The van der Waals surface area contributed by atoms with Crippen LogP contribution in [-0.4, -0.2) is 37.7 Å². The first-order valence-corrected chi connectivity index (χ1v) is 14.7. The summed E-state index contributed by atoms with van der Waals surface area (Å²) in [6.45, 7) is 19.2. The molecule has 0 fully saturated rings. The molecule has 216 valence electrons. The van der Waals surface area contributed by atoms with Crippen molar-refractivity contribution in [1.29, 1.82) is 0 Å². The number of esters is 2. The molecule has 39 heavy (non-hydrogen) atoms. The van der Waals surface area contributed by atoms with Gasteiger partial charge in [-0.3, -0.25) is 4.79 Å². The van der Waals surface area contributed by atoms with Gasteiger partial charge in [-0.2, -0.15) is 0 Å². The van der Waals surface area contributed by atoms with Gasteiger partial charge < -0.3 is 19.5 Å². The Hall–Kier alpha value is -2.87. The molecule has 0 spiro atoms. The fourth-order valence-electron chi connectivity index (χ4n) is 4.05. The molecule has 0 atom stereocenters. The Morgan fingerprint density at radius 1 is 0.897 bits per heavy atom. The van der Waals surface area contributed by atoms with Gasteiger partial charge >= 0.3 is 11.9 Å². The van der Waals surface area contributed by atoms with E-state index in [-0.39, 0.29) is 46.8 Å². The highest BCUT2D eigenvalue weighted by molar-refractivity contribution is 7.18. The Bertz CT molecular complexity index is 1160. The summed E-state index contributed by atoms with van der Waals surface area (Å²) in [5, 5.41) is 3.09. The van der Waals surface area contributed by atoms with Crippen LogP contribution in [-0.2, 0) is 25.1 Å². The lowest BCUT2D eigenvalue weighted by Crippen LogP contribution is -2.21. The van der Waals surface area contributed by atoms with E-state index in [4.69, 9.17) is 14.2 Å². The molecule has 7 nitrogen and oxygen atoms in total. The third-order valence-corrected chi connectivity index (χ3v) is 8.59. The zero-order chi connectivity index (χ0) is 29.4. The van der Waals surface area contributed by atoms with Crippen molar-refractivity contribution in [3.8, 4) is 5.75 Å². The number of hydrogen-bond acceptors (Lipinski definition) is 7. The average molecular weight is 560 g/mol. The molecule has 2 rings (SSSR count). The number of ether oxygens (including phenoxy) is 3. The molecular weight excluding hydrogens is 514 g/mol. The molecule has 0 unspecified atom stereocenters. The largest absolute Gasteiger partial charge is 0.493 e. The van der Waals surface area contributed by atoms with Crippen LogP contribution in [0.1, 0.15) is 118 Å². The van der Waals surface area contributed by atoms with Gasteiger partial charge in [0.15, 0.2) is 0 Å². The van der Waals surface area contributed by atoms with Crippen molar-refractivity contribution in [2.24, 2.45) is 0 Å². The lowest BCUT2D eigenvalue weighted by atomic mass is 9.76. The van der Waals surface area contributed by atoms with Crippen molar-refractivity contribution in [2.75, 3.05) is 25.1 Å². The predicted molar refractivity (Wildman–Crippen MR) is 157 cm³/mol. The maximum atomic E-state index is 12.8. The van der Waals surface area contributed by atoms with Crippen LogP contribution in [0.4, 0.5) is 5.00 Å². The fourth-order valence-corrected chi connectivity index (χ4v) is 5.15. The van der Waals surface area contributed by atoms with E-state index in [0.717, 1.165) is 29.9 Å². The lowest BCUT2D eigenvalue weighted by Gasteiger charge is -2.30. The van der Waals surface area contributed by atoms with Crippen molar-refractivity contribution >= 4 is 34.2 Å². The van der Waals surface area contributed by atoms with Gasteiger partial charge in [-0.15, -0.1) is 11.3 Å². The lowest BCUT2D eigenvalue weighted by molar-refractivity contribution is -0.116. The standard InChI is InChI=1S/C31H45NO6S/c1-10-30(6,7)21-16-17-23(22(19-21)31(8,9)11-2)38-18-14-15-24(33)32-27-25(28(34)36-12-3)20(5)26(39-27)29(35)37-13-4/h16-17,19H,10-15,18H2,1-9H3,(H,32,33). The van der Waals surface area contributed by atoms with Crippen LogP contribution >= 0.6 is 11.3 Å². The van der Waals surface area contributed by atoms with Crippen LogP contribution < -0.4 is 10.1 Å². The molecule has 8 heteroatoms. The average Bonchev–Trinajstić information content (AvgIpc) is 3.22. The Morgan fingerprint density at radius 2 is 1.51 bits per heavy atom. The first-order chi connectivity index (χ1) is 18.3. The van der Waals surface area contributed by atoms with Gasteiger partial charge in [0.05, 0.1) is 25.4 Å². The number of anilines is 1. The SMILES string of the molecule is CCOC(=O)c1sc(NC(=O)CCCOc2ccc(C(C)(C)CC)cc2C(C)(C)CC)c(C(=O)OCC)c1C. The highest BCUT2D eigenvalue weighted by Gasteiger charge is 2.28. The first kappa shape index (κ1) is 32.3. The van der Waals surface area contributed by atoms with Crippen LogP contribution in [0.15, 0.2) is 18.2 Å². The van der Waals surface area contributed by atoms with E-state index in [2.05, 4.69) is 65.1 Å². The predicted octanol–water partition coefficient (Wildman–Crippen LogP) is 7.58. The second kappa shape index (κ2) is 14.0. The maximum Gasteiger partial charge on any atom is 0.348 e. The molecule has 1 aromatic heterocycles. The summed E-state index contributed by atoms with van der Waals surface area (Å²) < 4.78 is 16.5. The van der Waals surface area contributed by atoms with E-state index in [1.165, 1.54) is 11.1 Å². The monoisotopic (exact) mass is 559 g/mol. The summed E-state index contributed by atoms with van der Waals surface area (Å²) in [4.78, 5) is 38.0. The zero-order valence-electron chi connectivity index (χ0n) is 25.0. The van der Waals surface area contributed by atoms with E-state index >= 15 is 0 Å². The van der Waals surface area contributed by atoms with Crippen molar-refractivity contribution in [2.45, 2.75) is 98.8 Å². The molecule has 1 amide bonds. The van der Waals surface area contributed by atoms with Crippen molar-refractivity contribution in [3.05, 3.63) is 45.3 Å². The Labute approximate surface area is 237 Å². The third-order valence-electron chi connectivity index (χ3n) is 7.40. The molecule has 0 saturated heterocycles. The van der Waals surface area contributed by atoms with Crippen molar-refractivity contribution < 1.29 is 28.6 Å². The topological polar surface area (TPSA) is 90.9 Å². The number of benzene rings is 1. The van der Waals surface area contributed by atoms with Crippen LogP contribution in [0.25, 0.3) is 0 Å². The van der Waals surface area contributed by atoms with Gasteiger partial charge in [-0.25, -0.2) is 9.59 Å². The molecule has 2 aromatic rings. The minimum Gasteiger partial charge on any atom is -0.493 e. The van der Waals surface area contributed by atoms with Crippen LogP contribution in [0, 0.1) is 6.92 Å². The highest BCUT2D eigenvalue weighted by Crippen LogP contribution is 2.39. The van der Waals surface area contributed by atoms with Gasteiger partial charge in [0.2, 0.25) is 5.91 Å². The Balaban J connectivity index is 2.13. The number of hydrogen-bond donors (Lipinski definition) is 1. The van der Waals surface area contributed by atoms with E-state index < -0.39 is 11.9 Å². The molecule has 1 heterocycles. The molecule has 0 radical (unpaired) electrons. The van der Waals surface area contributed by atoms with Crippen LogP contribution in [0.5, 0.6) is 5.75 Å². The van der Waals surface area contributed by atoms with Crippen LogP contribution in [0.2, 0.25) is 0 Å². The summed E-state index contributed by atoms with van der Waals surface area (Å²) in [6.07, 6.45) is 2.70. The summed E-state index contributed by atoms with van der Waals surface area (Å²) in [5.74, 6) is -0.537. The summed E-state index contributed by atoms with van der Waals surface area (Å²) >= 11 is 1.03. The van der Waals surface area contributed by atoms with Gasteiger partial charge in [0.1, 0.15) is 15.6 Å². The molecule has 0 aliphatic carbocycles. The second-order valence-corrected chi connectivity index (χ2v) is 11.9. The van der Waals surface area contributed by atoms with E-state index in [1.807, 2.05) is 0 Å². The zero-order valence-corrected chi connectivity index (χ0v) is 25.9. The number of amides is 1. The summed E-state index contributed by atoms with van der Waals surface area (Å²) in [7, 11) is 0. The van der Waals surface area contributed by atoms with E-state index in [9.17, 15) is 14.4 Å². The summed E-state index contributed by atoms with van der Waals surface area (Å²) in [6, 6.07) is 6.46. The number of thiophene rings is 1. The minimum atomic E-state index is -0.582. The highest BCUT2D eigenvalue weighted by atomic mass is 32.1. The number of carbonyl (C=O) groups excluding carboxylic acids is 3. The smallest absolute Gasteiger partial charge is 0.348 e. The summed E-state index contributed by atoms with van der Waals surface area (Å²) in [5.41, 5.74) is 3.12. The minimum absolute atomic E-state index is 0.0519. The number of nitrogens with one attached hydrogen (secondary N) is 1. The normalized spacial score (nSPS) is 11.7. The van der Waals surface area contributed by atoms with Gasteiger partial charge in [-0.05, 0) is 68.1 Å². The van der Waals surface area contributed by atoms with E-state index in [1.54, 1.807) is 20.8 Å². The Morgan fingerprint density at radius 3 is 2.10 bits per heavy atom. The maximum absolute atomic E-state index is 12.8. The van der Waals surface area contributed by atoms with Crippen molar-refractivity contribution in [3.63, 3.8) is 0 Å². The third kappa shape index (κ3) is 8.07. The molecule has 0 aliphatic heterocycles. The fraction of sp³-hybridized carbons (Fsp3) is 0.581. The van der Waals surface area contributed by atoms with E-state index in [0.29, 0.717) is 23.6 Å². The second-order valence-electron chi connectivity index (χ2n) is 10.9. The van der Waals surface area contributed by atoms with Crippen molar-refractivity contribution in [1.82, 2.24) is 0 Å². The molecule has 0 bridgehead atoms. The quantitative estimate of drug-likeness (QED) is 0.189. The molecule has 0 saturated carbocycles. The van der Waals surface area contributed by atoms with Gasteiger partial charge in [-0.1, -0.05) is 53.7 Å². The Kier molecular flexibility index (Phi) is 11.6. The van der Waals surface area contributed by atoms with Gasteiger partial charge in [0, 0.05) is 12.0 Å². The molecule has 1 aromatic carbocycles. The first-order valence-electron chi connectivity index (χ1n) is 13.9. The molecule has 0 aliphatic rings. The molecule has 1 N–H and O–H groups in total. The number of carbonyl (C=O) groups is 3. The number of rotatable bonds is 14. The van der Waals surface area contributed by atoms with Gasteiger partial charge in [0.25, 0.3) is 0 Å². The molecular formula is C31H45NO6S. The van der Waals surface area contributed by atoms with Crippen LogP contribution in [0.3, 0.4) is 0 Å².